The molecule has 0 radical (unpaired) electrons. The molecule has 0 bridgehead atoms. The lowest BCUT2D eigenvalue weighted by molar-refractivity contribution is -0.123. The summed E-state index contributed by atoms with van der Waals surface area (Å²) in [4.78, 5) is 11.8. The van der Waals surface area contributed by atoms with Crippen LogP contribution in [-0.2, 0) is 14.6 Å². The van der Waals surface area contributed by atoms with Gasteiger partial charge in [0.2, 0.25) is 5.91 Å². The van der Waals surface area contributed by atoms with E-state index in [1.165, 1.54) is 6.92 Å². The zero-order valence-electron chi connectivity index (χ0n) is 10.4. The molecule has 1 saturated carbocycles. The number of hydrogen-bond donors (Lipinski definition) is 2. The van der Waals surface area contributed by atoms with Crippen molar-refractivity contribution in [3.63, 3.8) is 0 Å². The summed E-state index contributed by atoms with van der Waals surface area (Å²) in [7, 11) is -3.38. The highest BCUT2D eigenvalue weighted by molar-refractivity contribution is 7.92. The zero-order chi connectivity index (χ0) is 13.1. The molecule has 0 aromatic carbocycles. The Kier molecular flexibility index (Phi) is 4.55. The van der Waals surface area contributed by atoms with Crippen molar-refractivity contribution in [2.24, 2.45) is 0 Å². The van der Waals surface area contributed by atoms with Gasteiger partial charge in [-0.2, -0.15) is 0 Å². The standard InChI is InChI=1S/C11H21NO4S/c1-9(17(2,15)16)10(14)12-11(8-13)6-4-3-5-7-11/h9,13H,3-8H2,1-2H3,(H,12,14). The molecule has 5 nitrogen and oxygen atoms in total. The molecule has 1 unspecified atom stereocenters. The molecule has 17 heavy (non-hydrogen) atoms. The highest BCUT2D eigenvalue weighted by atomic mass is 32.2. The summed E-state index contributed by atoms with van der Waals surface area (Å²) in [5.74, 6) is -0.511. The van der Waals surface area contributed by atoms with Crippen LogP contribution in [0, 0.1) is 0 Å². The number of aliphatic hydroxyl groups excluding tert-OH is 1. The van der Waals surface area contributed by atoms with Crippen LogP contribution in [0.25, 0.3) is 0 Å². The number of hydrogen-bond acceptors (Lipinski definition) is 4. The summed E-state index contributed by atoms with van der Waals surface area (Å²) in [5, 5.41) is 11.1. The van der Waals surface area contributed by atoms with Gasteiger partial charge >= 0.3 is 0 Å². The van der Waals surface area contributed by atoms with Gasteiger partial charge in [-0.25, -0.2) is 8.42 Å². The summed E-state index contributed by atoms with van der Waals surface area (Å²) in [6.07, 6.45) is 5.47. The van der Waals surface area contributed by atoms with E-state index in [0.29, 0.717) is 12.8 Å². The monoisotopic (exact) mass is 263 g/mol. The van der Waals surface area contributed by atoms with Crippen molar-refractivity contribution < 1.29 is 18.3 Å². The molecule has 1 amide bonds. The van der Waals surface area contributed by atoms with Crippen LogP contribution in [0.15, 0.2) is 0 Å². The molecular weight excluding hydrogens is 242 g/mol. The Morgan fingerprint density at radius 2 is 1.88 bits per heavy atom. The van der Waals surface area contributed by atoms with Crippen LogP contribution in [0.5, 0.6) is 0 Å². The van der Waals surface area contributed by atoms with E-state index in [9.17, 15) is 18.3 Å². The maximum atomic E-state index is 11.8. The molecule has 0 heterocycles. The minimum Gasteiger partial charge on any atom is -0.394 e. The first-order valence-electron chi connectivity index (χ1n) is 5.92. The second-order valence-corrected chi connectivity index (χ2v) is 7.33. The third kappa shape index (κ3) is 3.67. The molecule has 0 spiro atoms. The van der Waals surface area contributed by atoms with E-state index < -0.39 is 26.5 Å². The lowest BCUT2D eigenvalue weighted by Gasteiger charge is -2.37. The summed E-state index contributed by atoms with van der Waals surface area (Å²) in [6, 6.07) is 0. The van der Waals surface area contributed by atoms with Gasteiger partial charge in [0, 0.05) is 6.26 Å². The molecule has 0 aliphatic heterocycles. The lowest BCUT2D eigenvalue weighted by Crippen LogP contribution is -2.55. The quantitative estimate of drug-likeness (QED) is 0.760. The predicted molar refractivity (Wildman–Crippen MR) is 65.4 cm³/mol. The van der Waals surface area contributed by atoms with E-state index in [2.05, 4.69) is 5.32 Å². The average molecular weight is 263 g/mol. The molecule has 0 aromatic rings. The molecule has 6 heteroatoms. The van der Waals surface area contributed by atoms with Gasteiger partial charge in [-0.3, -0.25) is 4.79 Å². The van der Waals surface area contributed by atoms with Crippen LogP contribution in [-0.4, -0.2) is 43.1 Å². The number of aliphatic hydroxyl groups is 1. The van der Waals surface area contributed by atoms with Crippen molar-refractivity contribution in [3.05, 3.63) is 0 Å². The fraction of sp³-hybridized carbons (Fsp3) is 0.909. The molecule has 1 aliphatic rings. The molecule has 0 saturated heterocycles. The molecule has 1 rings (SSSR count). The fourth-order valence-corrected chi connectivity index (χ4v) is 2.56. The van der Waals surface area contributed by atoms with Crippen LogP contribution in [0.2, 0.25) is 0 Å². The summed E-state index contributed by atoms with van der Waals surface area (Å²) >= 11 is 0. The summed E-state index contributed by atoms with van der Waals surface area (Å²) < 4.78 is 22.6. The van der Waals surface area contributed by atoms with Gasteiger partial charge in [0.1, 0.15) is 5.25 Å². The maximum Gasteiger partial charge on any atom is 0.238 e. The molecule has 1 fully saturated rings. The first-order valence-corrected chi connectivity index (χ1v) is 7.88. The number of carbonyl (C=O) groups excluding carboxylic acids is 1. The van der Waals surface area contributed by atoms with Gasteiger partial charge in [0.15, 0.2) is 9.84 Å². The second kappa shape index (κ2) is 5.35. The minimum atomic E-state index is -3.38. The van der Waals surface area contributed by atoms with Crippen molar-refractivity contribution in [3.8, 4) is 0 Å². The molecule has 2 N–H and O–H groups in total. The van der Waals surface area contributed by atoms with E-state index in [4.69, 9.17) is 0 Å². The van der Waals surface area contributed by atoms with E-state index >= 15 is 0 Å². The largest absolute Gasteiger partial charge is 0.394 e. The Morgan fingerprint density at radius 1 is 1.35 bits per heavy atom. The van der Waals surface area contributed by atoms with E-state index in [-0.39, 0.29) is 6.61 Å². The van der Waals surface area contributed by atoms with Crippen LogP contribution < -0.4 is 5.32 Å². The van der Waals surface area contributed by atoms with Crippen molar-refractivity contribution in [1.29, 1.82) is 0 Å². The lowest BCUT2D eigenvalue weighted by atomic mass is 9.82. The average Bonchev–Trinajstić information content (AvgIpc) is 2.28. The van der Waals surface area contributed by atoms with Gasteiger partial charge in [0.05, 0.1) is 12.1 Å². The Balaban J connectivity index is 2.72. The van der Waals surface area contributed by atoms with Gasteiger partial charge in [-0.1, -0.05) is 19.3 Å². The number of rotatable bonds is 4. The second-order valence-electron chi connectivity index (χ2n) is 4.96. The third-order valence-corrected chi connectivity index (χ3v) is 5.01. The van der Waals surface area contributed by atoms with Crippen molar-refractivity contribution in [1.82, 2.24) is 5.32 Å². The van der Waals surface area contributed by atoms with Crippen molar-refractivity contribution in [2.45, 2.75) is 49.8 Å². The molecule has 0 aromatic heterocycles. The Labute approximate surface area is 103 Å². The van der Waals surface area contributed by atoms with Crippen molar-refractivity contribution >= 4 is 15.7 Å². The first kappa shape index (κ1) is 14.4. The normalized spacial score (nSPS) is 21.8. The van der Waals surface area contributed by atoms with Crippen molar-refractivity contribution in [2.75, 3.05) is 12.9 Å². The number of amides is 1. The van der Waals surface area contributed by atoms with Crippen LogP contribution in [0.1, 0.15) is 39.0 Å². The number of carbonyl (C=O) groups is 1. The van der Waals surface area contributed by atoms with Gasteiger partial charge in [-0.05, 0) is 19.8 Å². The van der Waals surface area contributed by atoms with Crippen LogP contribution in [0.4, 0.5) is 0 Å². The Morgan fingerprint density at radius 3 is 2.29 bits per heavy atom. The van der Waals surface area contributed by atoms with Crippen LogP contribution >= 0.6 is 0 Å². The summed E-state index contributed by atoms with van der Waals surface area (Å²) in [6.45, 7) is 1.24. The van der Waals surface area contributed by atoms with Crippen LogP contribution in [0.3, 0.4) is 0 Å². The topological polar surface area (TPSA) is 83.5 Å². The van der Waals surface area contributed by atoms with Gasteiger partial charge in [0.25, 0.3) is 0 Å². The molecule has 100 valence electrons. The minimum absolute atomic E-state index is 0.130. The molecule has 1 atom stereocenters. The van der Waals surface area contributed by atoms with E-state index in [1.807, 2.05) is 0 Å². The SMILES string of the molecule is CC(C(=O)NC1(CO)CCCCC1)S(C)(=O)=O. The molecular formula is C11H21NO4S. The fourth-order valence-electron chi connectivity index (χ4n) is 2.11. The highest BCUT2D eigenvalue weighted by Crippen LogP contribution is 2.27. The Bertz CT molecular complexity index is 371. The zero-order valence-corrected chi connectivity index (χ0v) is 11.2. The number of nitrogens with one attached hydrogen (secondary N) is 1. The van der Waals surface area contributed by atoms with E-state index in [0.717, 1.165) is 25.5 Å². The number of sulfone groups is 1. The van der Waals surface area contributed by atoms with E-state index in [1.54, 1.807) is 0 Å². The smallest absolute Gasteiger partial charge is 0.238 e. The Hall–Kier alpha value is -0.620. The summed E-state index contributed by atoms with van der Waals surface area (Å²) in [5.41, 5.74) is -0.617. The third-order valence-electron chi connectivity index (χ3n) is 3.51. The predicted octanol–water partition coefficient (Wildman–Crippen LogP) is 0.231. The van der Waals surface area contributed by atoms with Gasteiger partial charge in [-0.15, -0.1) is 0 Å². The molecule has 1 aliphatic carbocycles. The first-order chi connectivity index (χ1) is 7.81. The highest BCUT2D eigenvalue weighted by Gasteiger charge is 2.35. The maximum absolute atomic E-state index is 11.8. The van der Waals surface area contributed by atoms with Gasteiger partial charge < -0.3 is 10.4 Å².